The van der Waals surface area contributed by atoms with E-state index in [0.717, 1.165) is 21.4 Å². The molecule has 1 aromatic rings. The van der Waals surface area contributed by atoms with Crippen LogP contribution in [0.5, 0.6) is 0 Å². The summed E-state index contributed by atoms with van der Waals surface area (Å²) in [4.78, 5) is 0. The maximum absolute atomic E-state index is 3.58. The van der Waals surface area contributed by atoms with E-state index in [4.69, 9.17) is 0 Å². The number of anilines is 1. The van der Waals surface area contributed by atoms with Gasteiger partial charge in [-0.25, -0.2) is 0 Å². The van der Waals surface area contributed by atoms with Crippen LogP contribution < -0.4 is 5.32 Å². The second-order valence-corrected chi connectivity index (χ2v) is 6.28. The highest BCUT2D eigenvalue weighted by Gasteiger charge is 2.13. The van der Waals surface area contributed by atoms with Crippen LogP contribution in [0.25, 0.3) is 0 Å². The Morgan fingerprint density at radius 3 is 2.56 bits per heavy atom. The van der Waals surface area contributed by atoms with Crippen LogP contribution in [0.2, 0.25) is 0 Å². The van der Waals surface area contributed by atoms with Crippen molar-refractivity contribution < 1.29 is 0 Å². The Balaban J connectivity index is 1.88. The number of nitrogens with one attached hydrogen (secondary N) is 1. The van der Waals surface area contributed by atoms with Crippen molar-refractivity contribution in [1.82, 2.24) is 0 Å². The third-order valence-electron chi connectivity index (χ3n) is 3.24. The maximum atomic E-state index is 3.58. The quantitative estimate of drug-likeness (QED) is 0.792. The molecule has 3 heteroatoms. The molecule has 0 aliphatic heterocycles. The smallest absolute Gasteiger partial charge is 0.0485 e. The molecular weight excluding hydrogens is 330 g/mol. The lowest BCUT2D eigenvalue weighted by atomic mass is 9.89. The van der Waals surface area contributed by atoms with Gasteiger partial charge in [0.05, 0.1) is 0 Å². The van der Waals surface area contributed by atoms with Crippen molar-refractivity contribution in [1.29, 1.82) is 0 Å². The van der Waals surface area contributed by atoms with E-state index in [-0.39, 0.29) is 0 Å². The average molecular weight is 347 g/mol. The molecule has 0 bridgehead atoms. The van der Waals surface area contributed by atoms with Gasteiger partial charge >= 0.3 is 0 Å². The number of hydrogen-bond acceptors (Lipinski definition) is 1. The van der Waals surface area contributed by atoms with Crippen molar-refractivity contribution in [2.75, 3.05) is 11.9 Å². The Morgan fingerprint density at radius 1 is 1.12 bits per heavy atom. The Bertz CT molecular complexity index is 346. The second kappa shape index (κ2) is 6.06. The first kappa shape index (κ1) is 12.4. The van der Waals surface area contributed by atoms with Gasteiger partial charge in [0.15, 0.2) is 0 Å². The molecule has 1 nitrogen and oxygen atoms in total. The van der Waals surface area contributed by atoms with Crippen LogP contribution in [0.15, 0.2) is 27.1 Å². The topological polar surface area (TPSA) is 12.0 Å². The predicted octanol–water partition coefficient (Wildman–Crippen LogP) is 5.20. The van der Waals surface area contributed by atoms with Gasteiger partial charge in [0.1, 0.15) is 0 Å². The Labute approximate surface area is 114 Å². The molecule has 0 amide bonds. The van der Waals surface area contributed by atoms with E-state index in [1.165, 1.54) is 37.8 Å². The highest BCUT2D eigenvalue weighted by molar-refractivity contribution is 9.11. The summed E-state index contributed by atoms with van der Waals surface area (Å²) in [7, 11) is 0. The van der Waals surface area contributed by atoms with Crippen molar-refractivity contribution >= 4 is 37.5 Å². The van der Waals surface area contributed by atoms with Gasteiger partial charge in [-0.15, -0.1) is 0 Å². The molecule has 0 unspecified atom stereocenters. The highest BCUT2D eigenvalue weighted by Crippen LogP contribution is 2.28. The van der Waals surface area contributed by atoms with Gasteiger partial charge in [-0.05, 0) is 52.9 Å². The lowest BCUT2D eigenvalue weighted by Gasteiger charge is -2.22. The zero-order valence-corrected chi connectivity index (χ0v) is 12.5. The first-order valence-electron chi connectivity index (χ1n) is 5.94. The second-order valence-electron chi connectivity index (χ2n) is 4.51. The summed E-state index contributed by atoms with van der Waals surface area (Å²) in [5.41, 5.74) is 1.20. The minimum atomic E-state index is 0.865. The molecule has 0 atom stereocenters. The molecule has 1 fully saturated rings. The normalized spacial score (nSPS) is 17.4. The van der Waals surface area contributed by atoms with E-state index in [2.05, 4.69) is 55.4 Å². The fourth-order valence-electron chi connectivity index (χ4n) is 2.28. The van der Waals surface area contributed by atoms with Gasteiger partial charge in [-0.1, -0.05) is 35.2 Å². The molecule has 0 radical (unpaired) electrons. The SMILES string of the molecule is Brc1ccc(NCC2CCCCC2)c(Br)c1. The van der Waals surface area contributed by atoms with Gasteiger partial charge in [0.25, 0.3) is 0 Å². The van der Waals surface area contributed by atoms with Crippen molar-refractivity contribution in [2.24, 2.45) is 5.92 Å². The summed E-state index contributed by atoms with van der Waals surface area (Å²) in [6, 6.07) is 6.29. The standard InChI is InChI=1S/C13H17Br2N/c14-11-6-7-13(12(15)8-11)16-9-10-4-2-1-3-5-10/h6-8,10,16H,1-5,9H2. The zero-order valence-electron chi connectivity index (χ0n) is 9.31. The fraction of sp³-hybridized carbons (Fsp3) is 0.538. The monoisotopic (exact) mass is 345 g/mol. The molecule has 0 spiro atoms. The third kappa shape index (κ3) is 3.49. The number of benzene rings is 1. The minimum Gasteiger partial charge on any atom is -0.384 e. The van der Waals surface area contributed by atoms with E-state index in [1.54, 1.807) is 0 Å². The molecule has 88 valence electrons. The largest absolute Gasteiger partial charge is 0.384 e. The van der Waals surface area contributed by atoms with Gasteiger partial charge in [-0.2, -0.15) is 0 Å². The fourth-order valence-corrected chi connectivity index (χ4v) is 3.47. The van der Waals surface area contributed by atoms with Crippen LogP contribution in [-0.2, 0) is 0 Å². The van der Waals surface area contributed by atoms with E-state index < -0.39 is 0 Å². The number of rotatable bonds is 3. The average Bonchev–Trinajstić information content (AvgIpc) is 2.29. The molecule has 1 aliphatic rings. The van der Waals surface area contributed by atoms with Crippen LogP contribution in [0.4, 0.5) is 5.69 Å². The maximum Gasteiger partial charge on any atom is 0.0485 e. The summed E-state index contributed by atoms with van der Waals surface area (Å²) >= 11 is 7.05. The van der Waals surface area contributed by atoms with E-state index in [9.17, 15) is 0 Å². The molecule has 16 heavy (non-hydrogen) atoms. The van der Waals surface area contributed by atoms with Crippen molar-refractivity contribution in [2.45, 2.75) is 32.1 Å². The lowest BCUT2D eigenvalue weighted by Crippen LogP contribution is -2.17. The zero-order chi connectivity index (χ0) is 11.4. The molecule has 1 aliphatic carbocycles. The summed E-state index contributed by atoms with van der Waals surface area (Å²) < 4.78 is 2.25. The Kier molecular flexibility index (Phi) is 4.71. The van der Waals surface area contributed by atoms with Gasteiger partial charge < -0.3 is 5.32 Å². The molecule has 1 saturated carbocycles. The number of halogens is 2. The Hall–Kier alpha value is -0.0200. The predicted molar refractivity (Wildman–Crippen MR) is 76.9 cm³/mol. The summed E-state index contributed by atoms with van der Waals surface area (Å²) in [5, 5.41) is 3.54. The van der Waals surface area contributed by atoms with Gasteiger partial charge in [0, 0.05) is 21.2 Å². The summed E-state index contributed by atoms with van der Waals surface area (Å²) in [5.74, 6) is 0.865. The van der Waals surface area contributed by atoms with Crippen LogP contribution in [0, 0.1) is 5.92 Å². The molecular formula is C13H17Br2N. The van der Waals surface area contributed by atoms with E-state index in [0.29, 0.717) is 0 Å². The highest BCUT2D eigenvalue weighted by atomic mass is 79.9. The van der Waals surface area contributed by atoms with Gasteiger partial charge in [-0.3, -0.25) is 0 Å². The van der Waals surface area contributed by atoms with Crippen LogP contribution >= 0.6 is 31.9 Å². The van der Waals surface area contributed by atoms with Crippen LogP contribution in [-0.4, -0.2) is 6.54 Å². The molecule has 2 rings (SSSR count). The molecule has 1 aromatic carbocycles. The molecule has 0 aromatic heterocycles. The first-order chi connectivity index (χ1) is 7.75. The first-order valence-corrected chi connectivity index (χ1v) is 7.53. The van der Waals surface area contributed by atoms with Gasteiger partial charge in [0.2, 0.25) is 0 Å². The van der Waals surface area contributed by atoms with E-state index in [1.807, 2.05) is 0 Å². The summed E-state index contributed by atoms with van der Waals surface area (Å²) in [6.07, 6.45) is 7.03. The van der Waals surface area contributed by atoms with Crippen molar-refractivity contribution in [3.63, 3.8) is 0 Å². The molecule has 0 heterocycles. The molecule has 1 N–H and O–H groups in total. The molecule has 0 saturated heterocycles. The summed E-state index contributed by atoms with van der Waals surface area (Å²) in [6.45, 7) is 1.11. The Morgan fingerprint density at radius 2 is 1.88 bits per heavy atom. The minimum absolute atomic E-state index is 0.865. The number of hydrogen-bond donors (Lipinski definition) is 1. The van der Waals surface area contributed by atoms with Crippen LogP contribution in [0.1, 0.15) is 32.1 Å². The van der Waals surface area contributed by atoms with E-state index >= 15 is 0 Å². The van der Waals surface area contributed by atoms with Crippen LogP contribution in [0.3, 0.4) is 0 Å². The van der Waals surface area contributed by atoms with Crippen molar-refractivity contribution in [3.05, 3.63) is 27.1 Å². The lowest BCUT2D eigenvalue weighted by molar-refractivity contribution is 0.373. The van der Waals surface area contributed by atoms with Crippen molar-refractivity contribution in [3.8, 4) is 0 Å². The third-order valence-corrected chi connectivity index (χ3v) is 4.39.